The van der Waals surface area contributed by atoms with Gasteiger partial charge in [0.1, 0.15) is 11.6 Å². The highest BCUT2D eigenvalue weighted by Crippen LogP contribution is 2.44. The van der Waals surface area contributed by atoms with Crippen LogP contribution < -0.4 is 4.90 Å². The minimum Gasteiger partial charge on any atom is -0.508 e. The van der Waals surface area contributed by atoms with Gasteiger partial charge >= 0.3 is 5.97 Å². The molecule has 0 amide bonds. The molecule has 4 nitrogen and oxygen atoms in total. The number of halogens is 1. The van der Waals surface area contributed by atoms with Gasteiger partial charge in [-0.2, -0.15) is 0 Å². The van der Waals surface area contributed by atoms with Crippen LogP contribution in [0, 0.1) is 12.7 Å². The van der Waals surface area contributed by atoms with E-state index in [4.69, 9.17) is 5.11 Å². The monoisotopic (exact) mass is 417 g/mol. The summed E-state index contributed by atoms with van der Waals surface area (Å²) in [5, 5.41) is 19.0. The van der Waals surface area contributed by atoms with Crippen molar-refractivity contribution in [3.63, 3.8) is 0 Å². The standard InChI is InChI=1S/C26H24FNO3/c1-17-15-20(5-3-18(17)4-12-25(30)31)26(2)24-11-10-23(29)16-19(24)13-14-28(26)22-8-6-21(27)7-9-22/h3-12,15-16,29H,13-14H2,1-2H3,(H,30,31). The first kappa shape index (κ1) is 20.7. The number of rotatable bonds is 4. The topological polar surface area (TPSA) is 60.8 Å². The van der Waals surface area contributed by atoms with Crippen LogP contribution in [-0.4, -0.2) is 22.7 Å². The average molecular weight is 417 g/mol. The van der Waals surface area contributed by atoms with Crippen molar-refractivity contribution in [2.75, 3.05) is 11.4 Å². The Kier molecular flexibility index (Phi) is 5.27. The number of carboxylic acid groups (broad SMARTS) is 1. The van der Waals surface area contributed by atoms with Gasteiger partial charge in [0.15, 0.2) is 0 Å². The first-order chi connectivity index (χ1) is 14.8. The second-order valence-corrected chi connectivity index (χ2v) is 8.03. The average Bonchev–Trinajstić information content (AvgIpc) is 2.73. The molecule has 3 aromatic carbocycles. The Balaban J connectivity index is 1.88. The smallest absolute Gasteiger partial charge is 0.328 e. The summed E-state index contributed by atoms with van der Waals surface area (Å²) in [5.41, 5.74) is 5.34. The molecular formula is C26H24FNO3. The highest BCUT2D eigenvalue weighted by atomic mass is 19.1. The zero-order valence-electron chi connectivity index (χ0n) is 17.5. The van der Waals surface area contributed by atoms with Crippen molar-refractivity contribution in [1.82, 2.24) is 0 Å². The van der Waals surface area contributed by atoms with E-state index in [1.165, 1.54) is 12.1 Å². The van der Waals surface area contributed by atoms with Crippen molar-refractivity contribution in [1.29, 1.82) is 0 Å². The van der Waals surface area contributed by atoms with Gasteiger partial charge in [-0.05, 0) is 90.6 Å². The van der Waals surface area contributed by atoms with Crippen LogP contribution in [0.5, 0.6) is 5.75 Å². The van der Waals surface area contributed by atoms with Crippen LogP contribution in [0.3, 0.4) is 0 Å². The third-order valence-corrected chi connectivity index (χ3v) is 6.13. The summed E-state index contributed by atoms with van der Waals surface area (Å²) >= 11 is 0. The number of phenols is 1. The molecular weight excluding hydrogens is 393 g/mol. The number of benzene rings is 3. The van der Waals surface area contributed by atoms with Gasteiger partial charge in [-0.25, -0.2) is 9.18 Å². The van der Waals surface area contributed by atoms with Gasteiger partial charge < -0.3 is 15.1 Å². The molecule has 1 unspecified atom stereocenters. The Morgan fingerprint density at radius 3 is 2.52 bits per heavy atom. The highest BCUT2D eigenvalue weighted by Gasteiger charge is 2.40. The van der Waals surface area contributed by atoms with Gasteiger partial charge in [-0.15, -0.1) is 0 Å². The molecule has 5 heteroatoms. The molecule has 158 valence electrons. The van der Waals surface area contributed by atoms with Crippen LogP contribution in [-0.2, 0) is 16.8 Å². The van der Waals surface area contributed by atoms with E-state index in [9.17, 15) is 14.3 Å². The first-order valence-electron chi connectivity index (χ1n) is 10.2. The minimum atomic E-state index is -0.987. The Hall–Kier alpha value is -3.60. The normalized spacial score (nSPS) is 18.2. The number of aryl methyl sites for hydroxylation is 1. The van der Waals surface area contributed by atoms with E-state index in [-0.39, 0.29) is 11.6 Å². The number of anilines is 1. The molecule has 0 aliphatic carbocycles. The lowest BCUT2D eigenvalue weighted by Gasteiger charge is -2.48. The second-order valence-electron chi connectivity index (χ2n) is 8.03. The van der Waals surface area contributed by atoms with Gasteiger partial charge in [0, 0.05) is 18.3 Å². The maximum Gasteiger partial charge on any atom is 0.328 e. The molecule has 1 heterocycles. The molecule has 0 spiro atoms. The number of nitrogens with zero attached hydrogens (tertiary/aromatic N) is 1. The second kappa shape index (κ2) is 7.91. The van der Waals surface area contributed by atoms with Crippen LogP contribution in [0.15, 0.2) is 66.7 Å². The van der Waals surface area contributed by atoms with Gasteiger partial charge in [-0.3, -0.25) is 0 Å². The lowest BCUT2D eigenvalue weighted by atomic mass is 9.76. The molecule has 0 saturated carbocycles. The van der Waals surface area contributed by atoms with Crippen molar-refractivity contribution in [2.24, 2.45) is 0 Å². The van der Waals surface area contributed by atoms with Crippen LogP contribution in [0.25, 0.3) is 6.08 Å². The Labute approximate surface area is 180 Å². The highest BCUT2D eigenvalue weighted by molar-refractivity contribution is 5.85. The summed E-state index contributed by atoms with van der Waals surface area (Å²) in [4.78, 5) is 13.2. The molecule has 4 rings (SSSR count). The molecule has 1 atom stereocenters. The van der Waals surface area contributed by atoms with E-state index in [1.54, 1.807) is 24.3 Å². The summed E-state index contributed by atoms with van der Waals surface area (Å²) < 4.78 is 13.6. The summed E-state index contributed by atoms with van der Waals surface area (Å²) in [6, 6.07) is 18.0. The Morgan fingerprint density at radius 2 is 1.84 bits per heavy atom. The van der Waals surface area contributed by atoms with E-state index in [2.05, 4.69) is 17.9 Å². The minimum absolute atomic E-state index is 0.238. The summed E-state index contributed by atoms with van der Waals surface area (Å²) in [7, 11) is 0. The van der Waals surface area contributed by atoms with Crippen molar-refractivity contribution in [3.8, 4) is 5.75 Å². The predicted molar refractivity (Wildman–Crippen MR) is 120 cm³/mol. The molecule has 31 heavy (non-hydrogen) atoms. The SMILES string of the molecule is Cc1cc(C2(C)c3ccc(O)cc3CCN2c2ccc(F)cc2)ccc1C=CC(=O)O. The van der Waals surface area contributed by atoms with E-state index < -0.39 is 11.5 Å². The molecule has 0 bridgehead atoms. The summed E-state index contributed by atoms with van der Waals surface area (Å²) in [6.07, 6.45) is 3.48. The summed E-state index contributed by atoms with van der Waals surface area (Å²) in [5.74, 6) is -1.03. The molecule has 1 aliphatic heterocycles. The first-order valence-corrected chi connectivity index (χ1v) is 10.2. The molecule has 0 saturated heterocycles. The van der Waals surface area contributed by atoms with Crippen molar-refractivity contribution in [2.45, 2.75) is 25.8 Å². The molecule has 3 aromatic rings. The number of phenolic OH excluding ortho intramolecular Hbond substituents is 1. The number of aliphatic carboxylic acids is 1. The maximum absolute atomic E-state index is 13.6. The third kappa shape index (κ3) is 3.79. The van der Waals surface area contributed by atoms with Gasteiger partial charge in [0.2, 0.25) is 0 Å². The number of carboxylic acids is 1. The number of fused-ring (bicyclic) bond motifs is 1. The third-order valence-electron chi connectivity index (χ3n) is 6.13. The van der Waals surface area contributed by atoms with Crippen molar-refractivity contribution < 1.29 is 19.4 Å². The lowest BCUT2D eigenvalue weighted by molar-refractivity contribution is -0.131. The van der Waals surface area contributed by atoms with E-state index in [1.807, 2.05) is 31.2 Å². The Morgan fingerprint density at radius 1 is 1.10 bits per heavy atom. The van der Waals surface area contributed by atoms with Crippen molar-refractivity contribution in [3.05, 3.63) is 100 Å². The van der Waals surface area contributed by atoms with Crippen LogP contribution in [0.1, 0.15) is 34.7 Å². The molecule has 2 N–H and O–H groups in total. The zero-order chi connectivity index (χ0) is 22.2. The fourth-order valence-electron chi connectivity index (χ4n) is 4.51. The molecule has 0 radical (unpaired) electrons. The number of carbonyl (C=O) groups is 1. The Bertz CT molecular complexity index is 1170. The van der Waals surface area contributed by atoms with E-state index >= 15 is 0 Å². The summed E-state index contributed by atoms with van der Waals surface area (Å²) in [6.45, 7) is 4.79. The maximum atomic E-state index is 13.6. The predicted octanol–water partition coefficient (Wildman–Crippen LogP) is 5.26. The number of hydrogen-bond donors (Lipinski definition) is 2. The van der Waals surface area contributed by atoms with Gasteiger partial charge in [-0.1, -0.05) is 24.3 Å². The van der Waals surface area contributed by atoms with E-state index in [0.29, 0.717) is 6.54 Å². The zero-order valence-corrected chi connectivity index (χ0v) is 17.5. The number of aromatic hydroxyl groups is 1. The van der Waals surface area contributed by atoms with Crippen molar-refractivity contribution >= 4 is 17.7 Å². The molecule has 0 aromatic heterocycles. The number of hydrogen-bond acceptors (Lipinski definition) is 3. The lowest BCUT2D eigenvalue weighted by Crippen LogP contribution is -2.49. The quantitative estimate of drug-likeness (QED) is 0.568. The molecule has 0 fully saturated rings. The fraction of sp³-hybridized carbons (Fsp3) is 0.192. The fourth-order valence-corrected chi connectivity index (χ4v) is 4.51. The van der Waals surface area contributed by atoms with Crippen LogP contribution in [0.4, 0.5) is 10.1 Å². The molecule has 1 aliphatic rings. The largest absolute Gasteiger partial charge is 0.508 e. The van der Waals surface area contributed by atoms with Gasteiger partial charge in [0.25, 0.3) is 0 Å². The van der Waals surface area contributed by atoms with E-state index in [0.717, 1.165) is 46.0 Å². The van der Waals surface area contributed by atoms with Gasteiger partial charge in [0.05, 0.1) is 5.54 Å². The van der Waals surface area contributed by atoms with Crippen LogP contribution in [0.2, 0.25) is 0 Å². The van der Waals surface area contributed by atoms with Crippen LogP contribution >= 0.6 is 0 Å².